The number of fused-ring (bicyclic) bond motifs is 1. The number of nitrogens with zero attached hydrogens (tertiary/aromatic N) is 2. The molecule has 1 amide bonds. The molecule has 0 bridgehead atoms. The molecule has 0 spiro atoms. The number of piperidine rings is 1. The van der Waals surface area contributed by atoms with E-state index in [-0.39, 0.29) is 18.1 Å². The third-order valence-corrected chi connectivity index (χ3v) is 5.82. The first-order valence-corrected chi connectivity index (χ1v) is 10.7. The van der Waals surface area contributed by atoms with Gasteiger partial charge in [0.05, 0.1) is 26.6 Å². The highest BCUT2D eigenvalue weighted by Gasteiger charge is 2.34. The van der Waals surface area contributed by atoms with Crippen molar-refractivity contribution in [3.63, 3.8) is 0 Å². The number of carbonyl (C=O) groups excluding carboxylic acids is 1. The second-order valence-corrected chi connectivity index (χ2v) is 7.89. The number of ether oxygens (including phenoxy) is 2. The summed E-state index contributed by atoms with van der Waals surface area (Å²) < 4.78 is 10.7. The second-order valence-electron chi connectivity index (χ2n) is 7.89. The first-order valence-electron chi connectivity index (χ1n) is 10.7. The predicted octanol–water partition coefficient (Wildman–Crippen LogP) is 2.49. The maximum Gasteiger partial charge on any atom is 0.243 e. The van der Waals surface area contributed by atoms with Crippen molar-refractivity contribution in [2.24, 2.45) is 0 Å². The van der Waals surface area contributed by atoms with Gasteiger partial charge in [-0.15, -0.1) is 0 Å². The van der Waals surface area contributed by atoms with Crippen LogP contribution in [0, 0.1) is 12.0 Å². The molecule has 0 saturated carbocycles. The lowest BCUT2D eigenvalue weighted by Crippen LogP contribution is -2.52. The minimum atomic E-state index is -0.131. The summed E-state index contributed by atoms with van der Waals surface area (Å²) in [6.07, 6.45) is 7.24. The molecule has 2 aliphatic rings. The highest BCUT2D eigenvalue weighted by atomic mass is 16.5. The van der Waals surface area contributed by atoms with Crippen LogP contribution in [0.1, 0.15) is 30.1 Å². The van der Waals surface area contributed by atoms with E-state index in [9.17, 15) is 4.79 Å². The molecule has 2 aromatic rings. The Balaban J connectivity index is 1.61. The minimum Gasteiger partial charge on any atom is -0.497 e. The summed E-state index contributed by atoms with van der Waals surface area (Å²) in [5, 5.41) is 6.48. The van der Waals surface area contributed by atoms with Crippen LogP contribution in [0.5, 0.6) is 11.5 Å². The van der Waals surface area contributed by atoms with E-state index in [1.54, 1.807) is 14.2 Å². The fraction of sp³-hybridized carbons (Fsp3) is 0.375. The van der Waals surface area contributed by atoms with E-state index in [2.05, 4.69) is 44.0 Å². The molecule has 3 N–H and O–H groups in total. The summed E-state index contributed by atoms with van der Waals surface area (Å²) >= 11 is 0. The zero-order valence-corrected chi connectivity index (χ0v) is 18.5. The maximum absolute atomic E-state index is 11.8. The van der Waals surface area contributed by atoms with Crippen LogP contribution in [0.3, 0.4) is 0 Å². The van der Waals surface area contributed by atoms with Crippen LogP contribution in [0.4, 0.5) is 5.69 Å². The topological polar surface area (TPSA) is 81.9 Å². The number of carbonyl (C=O) groups is 1. The van der Waals surface area contributed by atoms with Crippen LogP contribution >= 0.6 is 0 Å². The molecule has 2 unspecified atom stereocenters. The monoisotopic (exact) mass is 435 g/mol. The van der Waals surface area contributed by atoms with Crippen LogP contribution in [0.25, 0.3) is 0 Å². The van der Waals surface area contributed by atoms with E-state index < -0.39 is 0 Å². The summed E-state index contributed by atoms with van der Waals surface area (Å²) in [6.45, 7) is 5.83. The van der Waals surface area contributed by atoms with E-state index in [1.807, 2.05) is 30.6 Å². The van der Waals surface area contributed by atoms with Gasteiger partial charge in [0.1, 0.15) is 17.7 Å². The molecule has 2 aliphatic heterocycles. The second kappa shape index (κ2) is 9.71. The SMILES string of the molecule is C=CC(=O)NC1CCCN(C2c3c[nH]cc3NCN2C#Cc2cc(OC)cc(OC)c2)C1. The first kappa shape index (κ1) is 21.7. The standard InChI is InChI=1S/C24H29N5O3/c1-4-23(30)27-18-6-5-8-28(15-18)24-21-13-25-14-22(21)26-16-29(24)9-7-17-10-19(31-2)12-20(11-17)32-3/h4,10-14,18,24-26H,1,5-6,8,15-16H2,2-3H3,(H,27,30). The molecule has 32 heavy (non-hydrogen) atoms. The predicted molar refractivity (Wildman–Crippen MR) is 123 cm³/mol. The van der Waals surface area contributed by atoms with Crippen molar-refractivity contribution in [2.75, 3.05) is 39.3 Å². The third kappa shape index (κ3) is 4.68. The van der Waals surface area contributed by atoms with Gasteiger partial charge in [0.25, 0.3) is 0 Å². The Morgan fingerprint density at radius 2 is 2.03 bits per heavy atom. The number of H-pyrrole nitrogens is 1. The molecule has 8 heteroatoms. The first-order chi connectivity index (χ1) is 15.6. The normalized spacial score (nSPS) is 20.2. The number of amides is 1. The molecular formula is C24H29N5O3. The van der Waals surface area contributed by atoms with E-state index in [1.165, 1.54) is 6.08 Å². The lowest BCUT2D eigenvalue weighted by Gasteiger charge is -2.44. The fourth-order valence-corrected chi connectivity index (χ4v) is 4.28. The lowest BCUT2D eigenvalue weighted by atomic mass is 10.0. The summed E-state index contributed by atoms with van der Waals surface area (Å²) in [5.41, 5.74) is 3.03. The highest BCUT2D eigenvalue weighted by molar-refractivity contribution is 5.87. The molecule has 4 rings (SSSR count). The van der Waals surface area contributed by atoms with E-state index in [0.717, 1.165) is 42.7 Å². The van der Waals surface area contributed by atoms with Gasteiger partial charge in [0.15, 0.2) is 0 Å². The smallest absolute Gasteiger partial charge is 0.243 e. The van der Waals surface area contributed by atoms with Crippen LogP contribution < -0.4 is 20.1 Å². The summed E-state index contributed by atoms with van der Waals surface area (Å²) in [5.74, 6) is 4.53. The van der Waals surface area contributed by atoms with Crippen molar-refractivity contribution < 1.29 is 14.3 Å². The van der Waals surface area contributed by atoms with Gasteiger partial charge in [-0.25, -0.2) is 0 Å². The molecule has 1 fully saturated rings. The number of anilines is 1. The highest BCUT2D eigenvalue weighted by Crippen LogP contribution is 2.35. The lowest BCUT2D eigenvalue weighted by molar-refractivity contribution is -0.117. The third-order valence-electron chi connectivity index (χ3n) is 5.82. The van der Waals surface area contributed by atoms with Gasteiger partial charge in [-0.2, -0.15) is 0 Å². The van der Waals surface area contributed by atoms with Gasteiger partial charge in [-0.3, -0.25) is 14.6 Å². The number of methoxy groups -OCH3 is 2. The van der Waals surface area contributed by atoms with Gasteiger partial charge in [-0.1, -0.05) is 6.58 Å². The Bertz CT molecular complexity index is 1020. The minimum absolute atomic E-state index is 0.0269. The summed E-state index contributed by atoms with van der Waals surface area (Å²) in [6, 6.07) is 9.04. The average Bonchev–Trinajstić information content (AvgIpc) is 3.31. The van der Waals surface area contributed by atoms with Crippen molar-refractivity contribution >= 4 is 11.6 Å². The Morgan fingerprint density at radius 1 is 1.25 bits per heavy atom. The number of hydrogen-bond acceptors (Lipinski definition) is 6. The van der Waals surface area contributed by atoms with Crippen molar-refractivity contribution in [3.05, 3.63) is 54.4 Å². The van der Waals surface area contributed by atoms with Gasteiger partial charge in [-0.05, 0) is 37.0 Å². The van der Waals surface area contributed by atoms with Crippen LogP contribution in [-0.2, 0) is 4.79 Å². The van der Waals surface area contributed by atoms with Crippen LogP contribution in [0.15, 0.2) is 43.2 Å². The fourth-order valence-electron chi connectivity index (χ4n) is 4.28. The number of rotatable bonds is 5. The molecule has 0 radical (unpaired) electrons. The summed E-state index contributed by atoms with van der Waals surface area (Å²) in [4.78, 5) is 19.5. The zero-order chi connectivity index (χ0) is 22.5. The molecule has 0 aliphatic carbocycles. The van der Waals surface area contributed by atoms with Crippen molar-refractivity contribution in [2.45, 2.75) is 25.0 Å². The Hall–Kier alpha value is -3.57. The average molecular weight is 436 g/mol. The van der Waals surface area contributed by atoms with Crippen molar-refractivity contribution in [1.29, 1.82) is 0 Å². The maximum atomic E-state index is 11.8. The van der Waals surface area contributed by atoms with Gasteiger partial charge >= 0.3 is 0 Å². The summed E-state index contributed by atoms with van der Waals surface area (Å²) in [7, 11) is 3.25. The molecule has 1 aromatic heterocycles. The Morgan fingerprint density at radius 3 is 2.75 bits per heavy atom. The van der Waals surface area contributed by atoms with Gasteiger partial charge in [0.2, 0.25) is 5.91 Å². The Labute approximate surface area is 188 Å². The van der Waals surface area contributed by atoms with E-state index in [0.29, 0.717) is 18.2 Å². The van der Waals surface area contributed by atoms with Crippen molar-refractivity contribution in [3.8, 4) is 23.5 Å². The quantitative estimate of drug-likeness (QED) is 0.495. The van der Waals surface area contributed by atoms with Gasteiger partial charge < -0.3 is 25.1 Å². The van der Waals surface area contributed by atoms with E-state index >= 15 is 0 Å². The van der Waals surface area contributed by atoms with Gasteiger partial charge in [0, 0.05) is 54.8 Å². The number of aromatic amines is 1. The number of hydrogen-bond donors (Lipinski definition) is 3. The molecule has 2 atom stereocenters. The number of benzene rings is 1. The number of likely N-dealkylation sites (tertiary alicyclic amines) is 1. The largest absolute Gasteiger partial charge is 0.497 e. The zero-order valence-electron chi connectivity index (χ0n) is 18.5. The number of aromatic nitrogens is 1. The molecule has 1 aromatic carbocycles. The molecule has 8 nitrogen and oxygen atoms in total. The molecule has 3 heterocycles. The van der Waals surface area contributed by atoms with Crippen molar-refractivity contribution in [1.82, 2.24) is 20.1 Å². The molecule has 1 saturated heterocycles. The van der Waals surface area contributed by atoms with E-state index in [4.69, 9.17) is 9.47 Å². The molecule has 168 valence electrons. The van der Waals surface area contributed by atoms with Crippen LogP contribution in [-0.4, -0.2) is 60.7 Å². The Kier molecular flexibility index (Phi) is 6.57. The van der Waals surface area contributed by atoms with Crippen LogP contribution in [0.2, 0.25) is 0 Å². The number of nitrogens with one attached hydrogen (secondary N) is 3. The molecular weight excluding hydrogens is 406 g/mol.